The van der Waals surface area contributed by atoms with Gasteiger partial charge in [0.05, 0.1) is 4.90 Å². The van der Waals surface area contributed by atoms with Crippen LogP contribution in [0.15, 0.2) is 45.7 Å². The summed E-state index contributed by atoms with van der Waals surface area (Å²) in [6.45, 7) is 3.23. The molecule has 148 valence electrons. The van der Waals surface area contributed by atoms with Crippen LogP contribution in [0.25, 0.3) is 21.9 Å². The summed E-state index contributed by atoms with van der Waals surface area (Å²) in [6, 6.07) is 7.28. The third-order valence-corrected chi connectivity index (χ3v) is 5.68. The maximum atomic E-state index is 12.6. The van der Waals surface area contributed by atoms with E-state index in [2.05, 4.69) is 10.0 Å². The van der Waals surface area contributed by atoms with E-state index >= 15 is 0 Å². The Balaban J connectivity index is 2.02. The van der Waals surface area contributed by atoms with Gasteiger partial charge in [-0.3, -0.25) is 4.79 Å². The number of anilines is 1. The number of benzene rings is 2. The Labute approximate surface area is 160 Å². The molecule has 0 fully saturated rings. The lowest BCUT2D eigenvalue weighted by atomic mass is 10.1. The molecule has 0 saturated carbocycles. The highest BCUT2D eigenvalue weighted by molar-refractivity contribution is 7.89. The first-order chi connectivity index (χ1) is 13.1. The summed E-state index contributed by atoms with van der Waals surface area (Å²) in [4.78, 5) is 22.2. The number of furan rings is 1. The van der Waals surface area contributed by atoms with Gasteiger partial charge in [0.2, 0.25) is 10.0 Å². The number of hydrogen-bond donors (Lipinski definition) is 4. The molecule has 0 aliphatic carbocycles. The highest BCUT2D eigenvalue weighted by Crippen LogP contribution is 2.32. The summed E-state index contributed by atoms with van der Waals surface area (Å²) in [5.74, 6) is -1.68. The predicted molar refractivity (Wildman–Crippen MR) is 104 cm³/mol. The molecule has 2 aromatic carbocycles. The maximum absolute atomic E-state index is 12.6. The lowest BCUT2D eigenvalue weighted by Crippen LogP contribution is -2.44. The lowest BCUT2D eigenvalue weighted by Gasteiger charge is -2.17. The summed E-state index contributed by atoms with van der Waals surface area (Å²) in [5.41, 5.74) is 6.29. The first-order valence-corrected chi connectivity index (χ1v) is 9.84. The number of sulfonamides is 1. The van der Waals surface area contributed by atoms with Crippen LogP contribution < -0.4 is 15.8 Å². The number of carbonyl (C=O) groups excluding carboxylic acids is 1. The van der Waals surface area contributed by atoms with Gasteiger partial charge in [0.15, 0.2) is 0 Å². The summed E-state index contributed by atoms with van der Waals surface area (Å²) < 4.78 is 33.1. The average Bonchev–Trinajstić information content (AvgIpc) is 2.95. The summed E-state index contributed by atoms with van der Waals surface area (Å²) >= 11 is 0. The van der Waals surface area contributed by atoms with Crippen molar-refractivity contribution in [2.75, 3.05) is 5.32 Å². The van der Waals surface area contributed by atoms with E-state index in [1.165, 1.54) is 12.1 Å². The zero-order valence-electron chi connectivity index (χ0n) is 15.1. The Morgan fingerprint density at radius 1 is 1.07 bits per heavy atom. The van der Waals surface area contributed by atoms with Crippen molar-refractivity contribution < 1.29 is 27.5 Å². The third kappa shape index (κ3) is 3.78. The fourth-order valence-electron chi connectivity index (χ4n) is 2.85. The number of carboxylic acids is 1. The second-order valence-corrected chi connectivity index (χ2v) is 8.36. The molecule has 1 atom stereocenters. The van der Waals surface area contributed by atoms with Crippen LogP contribution in [0.3, 0.4) is 0 Å². The van der Waals surface area contributed by atoms with Crippen LogP contribution in [0.2, 0.25) is 0 Å². The van der Waals surface area contributed by atoms with Crippen LogP contribution in [0.4, 0.5) is 10.5 Å². The first-order valence-electron chi connectivity index (χ1n) is 8.36. The number of aliphatic carboxylic acids is 1. The summed E-state index contributed by atoms with van der Waals surface area (Å²) in [7, 11) is -4.07. The van der Waals surface area contributed by atoms with Crippen molar-refractivity contribution in [1.82, 2.24) is 4.72 Å². The van der Waals surface area contributed by atoms with Crippen molar-refractivity contribution in [1.29, 1.82) is 0 Å². The van der Waals surface area contributed by atoms with Gasteiger partial charge in [-0.25, -0.2) is 13.2 Å². The molecular formula is C18H19N3O6S. The van der Waals surface area contributed by atoms with Crippen LogP contribution in [0.1, 0.15) is 13.8 Å². The predicted octanol–water partition coefficient (Wildman–Crippen LogP) is 2.46. The molecule has 0 aliphatic heterocycles. The molecule has 2 amide bonds. The van der Waals surface area contributed by atoms with E-state index in [-0.39, 0.29) is 4.90 Å². The fraction of sp³-hybridized carbons (Fsp3) is 0.222. The van der Waals surface area contributed by atoms with Crippen LogP contribution in [-0.2, 0) is 14.8 Å². The minimum absolute atomic E-state index is 0.110. The van der Waals surface area contributed by atoms with E-state index in [0.29, 0.717) is 22.2 Å². The van der Waals surface area contributed by atoms with Gasteiger partial charge < -0.3 is 20.6 Å². The van der Waals surface area contributed by atoms with Crippen molar-refractivity contribution in [2.24, 2.45) is 11.7 Å². The van der Waals surface area contributed by atoms with E-state index < -0.39 is 34.0 Å². The molecule has 1 heterocycles. The van der Waals surface area contributed by atoms with Crippen molar-refractivity contribution in [3.63, 3.8) is 0 Å². The summed E-state index contributed by atoms with van der Waals surface area (Å²) in [6.07, 6.45) is 0. The average molecular weight is 405 g/mol. The maximum Gasteiger partial charge on any atom is 0.322 e. The molecule has 9 nitrogen and oxygen atoms in total. The number of fused-ring (bicyclic) bond motifs is 3. The number of carboxylic acid groups (broad SMARTS) is 1. The lowest BCUT2D eigenvalue weighted by molar-refractivity contribution is -0.140. The number of nitrogens with one attached hydrogen (secondary N) is 2. The molecule has 0 bridgehead atoms. The number of hydrogen-bond acceptors (Lipinski definition) is 5. The minimum atomic E-state index is -4.07. The van der Waals surface area contributed by atoms with E-state index in [4.69, 9.17) is 10.2 Å². The Morgan fingerprint density at radius 2 is 1.68 bits per heavy atom. The highest BCUT2D eigenvalue weighted by atomic mass is 32.2. The molecule has 3 aromatic rings. The largest absolute Gasteiger partial charge is 0.480 e. The van der Waals surface area contributed by atoms with Crippen molar-refractivity contribution in [2.45, 2.75) is 24.8 Å². The number of urea groups is 1. The van der Waals surface area contributed by atoms with E-state index in [9.17, 15) is 23.1 Å². The van der Waals surface area contributed by atoms with Gasteiger partial charge in [0.25, 0.3) is 0 Å². The Morgan fingerprint density at radius 3 is 2.25 bits per heavy atom. The number of carbonyl (C=O) groups is 2. The highest BCUT2D eigenvalue weighted by Gasteiger charge is 2.28. The summed E-state index contributed by atoms with van der Waals surface area (Å²) in [5, 5.41) is 13.1. The number of amides is 2. The zero-order valence-corrected chi connectivity index (χ0v) is 15.9. The quantitative estimate of drug-likeness (QED) is 0.494. The number of nitrogens with two attached hydrogens (primary N) is 1. The normalized spacial score (nSPS) is 13.1. The van der Waals surface area contributed by atoms with Gasteiger partial charge in [-0.1, -0.05) is 13.8 Å². The zero-order chi connectivity index (χ0) is 20.6. The smallest absolute Gasteiger partial charge is 0.322 e. The first kappa shape index (κ1) is 19.6. The van der Waals surface area contributed by atoms with Crippen molar-refractivity contribution in [3.05, 3.63) is 36.4 Å². The molecule has 0 aliphatic rings. The fourth-order valence-corrected chi connectivity index (χ4v) is 4.20. The molecule has 0 radical (unpaired) electrons. The Hall–Kier alpha value is -3.11. The number of rotatable bonds is 6. The standard InChI is InChI=1S/C18H19N3O6S/c1-9(2)16(17(22)23)21-28(25,26)11-4-6-13-12-5-3-10(20-18(19)24)7-14(12)27-15(13)8-11/h3-9,16,21H,1-2H3,(H,22,23)(H3,19,20,24)/t16-/m0/s1. The van der Waals surface area contributed by atoms with Crippen molar-refractivity contribution >= 4 is 49.6 Å². The third-order valence-electron chi connectivity index (χ3n) is 4.24. The molecule has 3 rings (SSSR count). The van der Waals surface area contributed by atoms with Gasteiger partial charge in [-0.05, 0) is 30.2 Å². The Kier molecular flexibility index (Phi) is 5.01. The van der Waals surface area contributed by atoms with E-state index in [1.54, 1.807) is 38.1 Å². The topological polar surface area (TPSA) is 152 Å². The molecule has 10 heteroatoms. The molecule has 28 heavy (non-hydrogen) atoms. The monoisotopic (exact) mass is 405 g/mol. The molecular weight excluding hydrogens is 386 g/mol. The number of primary amides is 1. The van der Waals surface area contributed by atoms with Crippen molar-refractivity contribution in [3.8, 4) is 0 Å². The molecule has 0 unspecified atom stereocenters. The van der Waals surface area contributed by atoms with E-state index in [0.717, 1.165) is 5.39 Å². The van der Waals surface area contributed by atoms with Gasteiger partial charge in [0.1, 0.15) is 17.2 Å². The van der Waals surface area contributed by atoms with Gasteiger partial charge in [-0.15, -0.1) is 0 Å². The van der Waals surface area contributed by atoms with Crippen LogP contribution in [-0.4, -0.2) is 31.6 Å². The van der Waals surface area contributed by atoms with Crippen LogP contribution in [0.5, 0.6) is 0 Å². The van der Waals surface area contributed by atoms with Gasteiger partial charge >= 0.3 is 12.0 Å². The molecule has 5 N–H and O–H groups in total. The SMILES string of the molecule is CC(C)[C@H](NS(=O)(=O)c1ccc2c(c1)oc1cc(NC(N)=O)ccc12)C(=O)O. The molecule has 1 aromatic heterocycles. The van der Waals surface area contributed by atoms with Gasteiger partial charge in [0, 0.05) is 28.6 Å². The molecule has 0 saturated heterocycles. The van der Waals surface area contributed by atoms with Crippen LogP contribution >= 0.6 is 0 Å². The van der Waals surface area contributed by atoms with Gasteiger partial charge in [-0.2, -0.15) is 4.72 Å². The Bertz CT molecular complexity index is 1180. The second kappa shape index (κ2) is 7.13. The second-order valence-electron chi connectivity index (χ2n) is 6.64. The minimum Gasteiger partial charge on any atom is -0.480 e. The van der Waals surface area contributed by atoms with E-state index in [1.807, 2.05) is 0 Å². The molecule has 0 spiro atoms. The van der Waals surface area contributed by atoms with Crippen LogP contribution in [0, 0.1) is 5.92 Å².